The summed E-state index contributed by atoms with van der Waals surface area (Å²) >= 11 is -0.0167. The predicted octanol–water partition coefficient (Wildman–Crippen LogP) is 5.17. The average molecular weight is 584 g/mol. The van der Waals surface area contributed by atoms with E-state index >= 15 is 0 Å². The van der Waals surface area contributed by atoms with Crippen LogP contribution >= 0.6 is 7.81 Å². The van der Waals surface area contributed by atoms with Gasteiger partial charge in [-0.05, 0) is 49.6 Å². The molecule has 1 heterocycles. The zero-order valence-electron chi connectivity index (χ0n) is 17.3. The number of aryl methyl sites for hydroxylation is 1. The van der Waals surface area contributed by atoms with Crippen molar-refractivity contribution in [2.75, 3.05) is 6.61 Å². The Morgan fingerprint density at radius 1 is 0.903 bits per heavy atom. The molecule has 0 bridgehead atoms. The van der Waals surface area contributed by atoms with Gasteiger partial charge >= 0.3 is 60.4 Å². The van der Waals surface area contributed by atoms with E-state index in [0.717, 1.165) is 0 Å². The number of carbonyl (C=O) groups is 1. The SMILES string of the molecule is CC1COC(=O)O1.Cc1ccc([I+]c2ccc(C(C)C)cc2)cc1.F[P-](F)(F)(F)(F)F. The average Bonchev–Trinajstić information content (AvgIpc) is 2.98. The monoisotopic (exact) mass is 584 g/mol. The van der Waals surface area contributed by atoms with Gasteiger partial charge in [0.15, 0.2) is 7.14 Å². The van der Waals surface area contributed by atoms with Gasteiger partial charge in [-0.1, -0.05) is 43.7 Å². The molecule has 3 nitrogen and oxygen atoms in total. The van der Waals surface area contributed by atoms with Crippen molar-refractivity contribution in [3.8, 4) is 0 Å². The first kappa shape index (κ1) is 27.5. The van der Waals surface area contributed by atoms with Crippen LogP contribution in [0.15, 0.2) is 48.5 Å². The van der Waals surface area contributed by atoms with E-state index in [2.05, 4.69) is 78.8 Å². The van der Waals surface area contributed by atoms with Crippen LogP contribution in [0.5, 0.6) is 0 Å². The Balaban J connectivity index is 0.000000283. The molecule has 0 spiro atoms. The van der Waals surface area contributed by atoms with Crippen molar-refractivity contribution in [3.63, 3.8) is 0 Å². The summed E-state index contributed by atoms with van der Waals surface area (Å²) < 4.78 is 71.1. The van der Waals surface area contributed by atoms with Crippen LogP contribution in [-0.4, -0.2) is 18.9 Å². The van der Waals surface area contributed by atoms with Crippen molar-refractivity contribution in [2.24, 2.45) is 0 Å². The summed E-state index contributed by atoms with van der Waals surface area (Å²) in [6.07, 6.45) is -0.597. The van der Waals surface area contributed by atoms with Crippen LogP contribution in [-0.2, 0) is 9.47 Å². The molecule has 0 amide bonds. The first-order valence-electron chi connectivity index (χ1n) is 9.10. The molecule has 1 fully saturated rings. The molecule has 2 aromatic carbocycles. The van der Waals surface area contributed by atoms with Crippen LogP contribution in [0.4, 0.5) is 30.0 Å². The second-order valence-electron chi connectivity index (χ2n) is 7.04. The molecule has 1 aliphatic heterocycles. The minimum absolute atomic E-state index is 0.0167. The molecule has 11 heteroatoms. The van der Waals surface area contributed by atoms with Gasteiger partial charge in [-0.2, -0.15) is 0 Å². The summed E-state index contributed by atoms with van der Waals surface area (Å²) in [5, 5.41) is 0. The number of benzene rings is 2. The van der Waals surface area contributed by atoms with E-state index in [1.54, 1.807) is 6.92 Å². The van der Waals surface area contributed by atoms with E-state index in [1.807, 2.05) is 0 Å². The van der Waals surface area contributed by atoms with E-state index < -0.39 is 14.0 Å². The van der Waals surface area contributed by atoms with Gasteiger partial charge in [-0.3, -0.25) is 0 Å². The van der Waals surface area contributed by atoms with Crippen LogP contribution in [0.2, 0.25) is 0 Å². The summed E-state index contributed by atoms with van der Waals surface area (Å²) in [5.74, 6) is 0.627. The molecule has 0 radical (unpaired) electrons. The molecule has 3 rings (SSSR count). The Morgan fingerprint density at radius 3 is 1.61 bits per heavy atom. The second kappa shape index (κ2) is 9.94. The van der Waals surface area contributed by atoms with Gasteiger partial charge in [0.25, 0.3) is 0 Å². The third-order valence-corrected chi connectivity index (χ3v) is 6.18. The quantitative estimate of drug-likeness (QED) is 0.216. The Bertz CT molecular complexity index is 842. The Morgan fingerprint density at radius 2 is 1.32 bits per heavy atom. The molecule has 2 aromatic rings. The summed E-state index contributed by atoms with van der Waals surface area (Å²) in [7, 11) is -10.7. The number of hydrogen-bond acceptors (Lipinski definition) is 3. The summed E-state index contributed by atoms with van der Waals surface area (Å²) in [5.41, 5.74) is 2.77. The number of rotatable bonds is 3. The molecule has 0 saturated carbocycles. The fourth-order valence-electron chi connectivity index (χ4n) is 2.05. The molecule has 0 aromatic heterocycles. The fourth-order valence-corrected chi connectivity index (χ4v) is 4.21. The van der Waals surface area contributed by atoms with Crippen molar-refractivity contribution in [3.05, 3.63) is 66.8 Å². The third-order valence-electron chi connectivity index (χ3n) is 3.50. The fraction of sp³-hybridized carbons (Fsp3) is 0.350. The molecule has 176 valence electrons. The molecule has 1 unspecified atom stereocenters. The maximum atomic E-state index is 10.0. The van der Waals surface area contributed by atoms with E-state index in [1.165, 1.54) is 18.3 Å². The Hall–Kier alpha value is -1.55. The first-order chi connectivity index (χ1) is 13.9. The van der Waals surface area contributed by atoms with Crippen LogP contribution in [0.1, 0.15) is 37.8 Å². The van der Waals surface area contributed by atoms with Crippen LogP contribution < -0.4 is 21.2 Å². The topological polar surface area (TPSA) is 35.5 Å². The number of ether oxygens (including phenoxy) is 2. The van der Waals surface area contributed by atoms with Gasteiger partial charge in [0.2, 0.25) is 0 Å². The van der Waals surface area contributed by atoms with E-state index in [4.69, 9.17) is 0 Å². The normalized spacial score (nSPS) is 17.8. The second-order valence-corrected chi connectivity index (χ2v) is 12.0. The summed E-state index contributed by atoms with van der Waals surface area (Å²) in [6, 6.07) is 18.1. The predicted molar refractivity (Wildman–Crippen MR) is 105 cm³/mol. The molecular weight excluding hydrogens is 560 g/mol. The number of cyclic esters (lactones) is 2. The molecule has 1 atom stereocenters. The van der Waals surface area contributed by atoms with Gasteiger partial charge in [0, 0.05) is 0 Å². The Kier molecular flexibility index (Phi) is 8.81. The molecule has 31 heavy (non-hydrogen) atoms. The van der Waals surface area contributed by atoms with Gasteiger partial charge in [-0.25, -0.2) is 4.79 Å². The van der Waals surface area contributed by atoms with Crippen molar-refractivity contribution < 1.29 is 60.7 Å². The van der Waals surface area contributed by atoms with Crippen molar-refractivity contribution in [1.29, 1.82) is 0 Å². The van der Waals surface area contributed by atoms with Crippen molar-refractivity contribution in [1.82, 2.24) is 0 Å². The van der Waals surface area contributed by atoms with Crippen LogP contribution in [0, 0.1) is 14.1 Å². The molecule has 1 saturated heterocycles. The first-order valence-corrected chi connectivity index (χ1v) is 13.3. The number of hydrogen-bond donors (Lipinski definition) is 0. The zero-order valence-corrected chi connectivity index (χ0v) is 20.4. The maximum absolute atomic E-state index is 10.7. The molecule has 0 aliphatic carbocycles. The van der Waals surface area contributed by atoms with Gasteiger partial charge in [-0.15, -0.1) is 0 Å². The standard InChI is InChI=1S/C16H18I.C4H6O3.F6P/c1-12(2)14-6-10-16(11-7-14)17-15-8-4-13(3)5-9-15;1-3-2-6-4(5)7-3;1-7(2,3,4,5)6/h4-12H,1-3H3;3H,2H2,1H3;/q+1;;-1. The minimum atomic E-state index is -10.7. The van der Waals surface area contributed by atoms with Crippen LogP contribution in [0.3, 0.4) is 0 Å². The summed E-state index contributed by atoms with van der Waals surface area (Å²) in [6.45, 7) is 8.80. The molecule has 0 N–H and O–H groups in total. The summed E-state index contributed by atoms with van der Waals surface area (Å²) in [4.78, 5) is 10.0. The van der Waals surface area contributed by atoms with Gasteiger partial charge in [0.1, 0.15) is 12.7 Å². The number of halogens is 7. The van der Waals surface area contributed by atoms with Crippen molar-refractivity contribution in [2.45, 2.75) is 39.7 Å². The van der Waals surface area contributed by atoms with E-state index in [0.29, 0.717) is 12.5 Å². The Labute approximate surface area is 187 Å². The van der Waals surface area contributed by atoms with Crippen LogP contribution in [0.25, 0.3) is 0 Å². The molecule has 1 aliphatic rings. The van der Waals surface area contributed by atoms with Crippen molar-refractivity contribution >= 4 is 14.0 Å². The van der Waals surface area contributed by atoms with Gasteiger partial charge in [0.05, 0.1) is 0 Å². The zero-order chi connectivity index (χ0) is 23.9. The van der Waals surface area contributed by atoms with E-state index in [-0.39, 0.29) is 27.3 Å². The van der Waals surface area contributed by atoms with E-state index in [9.17, 15) is 30.0 Å². The molecular formula is C20H24F6IO3P. The van der Waals surface area contributed by atoms with Gasteiger partial charge < -0.3 is 9.47 Å². The number of carbonyl (C=O) groups excluding carboxylic acids is 1. The third kappa shape index (κ3) is 15.8.